The first-order valence-electron chi connectivity index (χ1n) is 6.87. The first kappa shape index (κ1) is 16.3. The highest BCUT2D eigenvalue weighted by molar-refractivity contribution is 5.97. The zero-order valence-electron chi connectivity index (χ0n) is 12.1. The molecule has 1 aromatic heterocycles. The van der Waals surface area contributed by atoms with Crippen molar-refractivity contribution in [2.24, 2.45) is 0 Å². The van der Waals surface area contributed by atoms with Gasteiger partial charge in [-0.2, -0.15) is 0 Å². The molecule has 7 heteroatoms. The lowest BCUT2D eigenvalue weighted by Crippen LogP contribution is -2.41. The first-order chi connectivity index (χ1) is 11.0. The number of carboxylic acid groups (broad SMARTS) is 2. The van der Waals surface area contributed by atoms with Crippen LogP contribution in [-0.2, 0) is 9.59 Å². The number of furan rings is 1. The van der Waals surface area contributed by atoms with Gasteiger partial charge in [-0.25, -0.2) is 4.79 Å². The second-order valence-electron chi connectivity index (χ2n) is 4.85. The predicted molar refractivity (Wildman–Crippen MR) is 79.9 cm³/mol. The molecule has 120 valence electrons. The Bertz CT molecular complexity index is 690. The number of carboxylic acids is 2. The van der Waals surface area contributed by atoms with E-state index >= 15 is 0 Å². The van der Waals surface area contributed by atoms with Crippen LogP contribution in [-0.4, -0.2) is 34.1 Å². The smallest absolute Gasteiger partial charge is 0.326 e. The number of hydrogen-bond donors (Lipinski definition) is 3. The fraction of sp³-hybridized carbons (Fsp3) is 0.188. The van der Waals surface area contributed by atoms with Gasteiger partial charge in [0.2, 0.25) is 0 Å². The van der Waals surface area contributed by atoms with Crippen molar-refractivity contribution in [3.8, 4) is 11.3 Å². The molecule has 7 nitrogen and oxygen atoms in total. The topological polar surface area (TPSA) is 117 Å². The van der Waals surface area contributed by atoms with E-state index in [-0.39, 0.29) is 18.4 Å². The number of benzene rings is 1. The number of amides is 1. The molecule has 23 heavy (non-hydrogen) atoms. The molecule has 0 radical (unpaired) electrons. The summed E-state index contributed by atoms with van der Waals surface area (Å²) in [5, 5.41) is 19.9. The quantitative estimate of drug-likeness (QED) is 0.719. The molecule has 1 unspecified atom stereocenters. The molecule has 0 saturated carbocycles. The maximum Gasteiger partial charge on any atom is 0.326 e. The number of hydrogen-bond acceptors (Lipinski definition) is 4. The van der Waals surface area contributed by atoms with Gasteiger partial charge in [-0.05, 0) is 30.7 Å². The van der Waals surface area contributed by atoms with Gasteiger partial charge in [0.15, 0.2) is 0 Å². The van der Waals surface area contributed by atoms with E-state index in [9.17, 15) is 14.4 Å². The zero-order chi connectivity index (χ0) is 16.8. The van der Waals surface area contributed by atoms with Crippen LogP contribution in [0.25, 0.3) is 11.3 Å². The summed E-state index contributed by atoms with van der Waals surface area (Å²) in [7, 11) is 0. The molecule has 1 amide bonds. The van der Waals surface area contributed by atoms with Crippen LogP contribution >= 0.6 is 0 Å². The largest absolute Gasteiger partial charge is 0.481 e. The van der Waals surface area contributed by atoms with Crippen molar-refractivity contribution >= 4 is 17.8 Å². The van der Waals surface area contributed by atoms with Crippen molar-refractivity contribution in [1.29, 1.82) is 0 Å². The van der Waals surface area contributed by atoms with Crippen molar-refractivity contribution in [1.82, 2.24) is 5.32 Å². The van der Waals surface area contributed by atoms with Crippen LogP contribution in [0.4, 0.5) is 0 Å². The molecular weight excluding hydrogens is 302 g/mol. The van der Waals surface area contributed by atoms with Crippen LogP contribution in [0.15, 0.2) is 47.1 Å². The Hall–Kier alpha value is -3.09. The molecule has 2 aromatic rings. The van der Waals surface area contributed by atoms with Crippen LogP contribution in [0.3, 0.4) is 0 Å². The highest BCUT2D eigenvalue weighted by Crippen LogP contribution is 2.20. The monoisotopic (exact) mass is 317 g/mol. The molecule has 0 aliphatic carbocycles. The normalized spacial score (nSPS) is 11.7. The molecule has 0 bridgehead atoms. The minimum absolute atomic E-state index is 0.180. The maximum atomic E-state index is 12.1. The summed E-state index contributed by atoms with van der Waals surface area (Å²) in [4.78, 5) is 33.6. The predicted octanol–water partition coefficient (Wildman–Crippen LogP) is 1.99. The lowest BCUT2D eigenvalue weighted by Gasteiger charge is -2.13. The van der Waals surface area contributed by atoms with Crippen molar-refractivity contribution in [2.75, 3.05) is 0 Å². The molecule has 0 saturated heterocycles. The first-order valence-corrected chi connectivity index (χ1v) is 6.87. The minimum Gasteiger partial charge on any atom is -0.481 e. The molecule has 3 N–H and O–H groups in total. The number of nitrogens with one attached hydrogen (secondary N) is 1. The Morgan fingerprint density at radius 3 is 2.30 bits per heavy atom. The number of carbonyl (C=O) groups excluding carboxylic acids is 1. The molecule has 1 atom stereocenters. The van der Waals surface area contributed by atoms with E-state index < -0.39 is 23.9 Å². The fourth-order valence-corrected chi connectivity index (χ4v) is 2.00. The highest BCUT2D eigenvalue weighted by atomic mass is 16.4. The van der Waals surface area contributed by atoms with Gasteiger partial charge in [0, 0.05) is 17.5 Å². The standard InChI is InChI=1S/C16H15NO6/c18-14(19)8-7-12(16(21)22)17-15(20)11-5-3-10(4-6-11)13-2-1-9-23-13/h1-6,9,12H,7-8H2,(H,17,20)(H,18,19)(H,21,22). The van der Waals surface area contributed by atoms with Crippen LogP contribution < -0.4 is 5.32 Å². The minimum atomic E-state index is -1.27. The second-order valence-corrected chi connectivity index (χ2v) is 4.85. The van der Waals surface area contributed by atoms with E-state index in [1.54, 1.807) is 36.4 Å². The summed E-state index contributed by atoms with van der Waals surface area (Å²) in [6.07, 6.45) is 1.02. The Kier molecular flexibility index (Phi) is 5.14. The zero-order valence-corrected chi connectivity index (χ0v) is 12.1. The van der Waals surface area contributed by atoms with Crippen LogP contribution in [0, 0.1) is 0 Å². The van der Waals surface area contributed by atoms with Gasteiger partial charge < -0.3 is 19.9 Å². The Morgan fingerprint density at radius 1 is 1.09 bits per heavy atom. The summed E-state index contributed by atoms with van der Waals surface area (Å²) in [5.41, 5.74) is 1.06. The van der Waals surface area contributed by atoms with Gasteiger partial charge in [-0.3, -0.25) is 9.59 Å². The molecule has 0 fully saturated rings. The van der Waals surface area contributed by atoms with Crippen molar-refractivity contribution < 1.29 is 29.0 Å². The molecule has 1 heterocycles. The van der Waals surface area contributed by atoms with E-state index in [0.717, 1.165) is 5.56 Å². The van der Waals surface area contributed by atoms with Gasteiger partial charge in [-0.15, -0.1) is 0 Å². The third-order valence-corrected chi connectivity index (χ3v) is 3.20. The van der Waals surface area contributed by atoms with Gasteiger partial charge in [0.1, 0.15) is 11.8 Å². The van der Waals surface area contributed by atoms with Crippen molar-refractivity contribution in [3.05, 3.63) is 48.2 Å². The second kappa shape index (κ2) is 7.26. The maximum absolute atomic E-state index is 12.1. The molecule has 2 rings (SSSR count). The Balaban J connectivity index is 2.04. The van der Waals surface area contributed by atoms with E-state index in [1.807, 2.05) is 0 Å². The fourth-order valence-electron chi connectivity index (χ4n) is 2.00. The van der Waals surface area contributed by atoms with Gasteiger partial charge in [0.25, 0.3) is 5.91 Å². The van der Waals surface area contributed by atoms with Gasteiger partial charge in [0.05, 0.1) is 6.26 Å². The van der Waals surface area contributed by atoms with Crippen molar-refractivity contribution in [2.45, 2.75) is 18.9 Å². The summed E-state index contributed by atoms with van der Waals surface area (Å²) in [6, 6.07) is 8.73. The van der Waals surface area contributed by atoms with Gasteiger partial charge >= 0.3 is 11.9 Å². The summed E-state index contributed by atoms with van der Waals surface area (Å²) < 4.78 is 5.24. The van der Waals surface area contributed by atoms with Crippen LogP contribution in [0.5, 0.6) is 0 Å². The average molecular weight is 317 g/mol. The third-order valence-electron chi connectivity index (χ3n) is 3.20. The van der Waals surface area contributed by atoms with Gasteiger partial charge in [-0.1, -0.05) is 12.1 Å². The summed E-state index contributed by atoms with van der Waals surface area (Å²) >= 11 is 0. The molecular formula is C16H15NO6. The average Bonchev–Trinajstić information content (AvgIpc) is 3.05. The molecule has 0 spiro atoms. The molecule has 0 aliphatic rings. The lowest BCUT2D eigenvalue weighted by molar-refractivity contribution is -0.140. The number of rotatable bonds is 7. The van der Waals surface area contributed by atoms with Crippen molar-refractivity contribution in [3.63, 3.8) is 0 Å². The number of carbonyl (C=O) groups is 3. The SMILES string of the molecule is O=C(O)CCC(NC(=O)c1ccc(-c2ccco2)cc1)C(=O)O. The number of aliphatic carboxylic acids is 2. The Labute approximate surface area is 131 Å². The van der Waals surface area contributed by atoms with E-state index in [1.165, 1.54) is 6.26 Å². The lowest BCUT2D eigenvalue weighted by atomic mass is 10.1. The third kappa shape index (κ3) is 4.44. The highest BCUT2D eigenvalue weighted by Gasteiger charge is 2.21. The summed E-state index contributed by atoms with van der Waals surface area (Å²) in [5.74, 6) is -2.31. The summed E-state index contributed by atoms with van der Waals surface area (Å²) in [6.45, 7) is 0. The van der Waals surface area contributed by atoms with E-state index in [0.29, 0.717) is 5.76 Å². The van der Waals surface area contributed by atoms with Crippen LogP contribution in [0.2, 0.25) is 0 Å². The van der Waals surface area contributed by atoms with Crippen LogP contribution in [0.1, 0.15) is 23.2 Å². The van der Waals surface area contributed by atoms with E-state index in [2.05, 4.69) is 5.32 Å². The van der Waals surface area contributed by atoms with E-state index in [4.69, 9.17) is 14.6 Å². The molecule has 1 aromatic carbocycles. The Morgan fingerprint density at radius 2 is 1.78 bits per heavy atom. The molecule has 0 aliphatic heterocycles.